The number of carbonyl (C=O) groups excluding carboxylic acids is 1. The number of amidine groups is 1. The molecule has 4 heteroatoms. The summed E-state index contributed by atoms with van der Waals surface area (Å²) in [5.74, 6) is -0.0747. The molecule has 4 N–H and O–H groups in total. The number of nitrogens with one attached hydrogen (secondary N) is 2. The van der Waals surface area contributed by atoms with Crippen LogP contribution in [0.4, 0.5) is 0 Å². The Morgan fingerprint density at radius 2 is 1.74 bits per heavy atom. The molecule has 1 saturated carbocycles. The standard InChI is InChI=1S/C19H29N3O/c1-2-3-4-5-6-7-8-15-9-11-16(12-10-15)17(23)22-19(13-14-19)18(20)21/h9-12H,2-8,13-14H2,1H3,(H3,20,21)(H,22,23). The maximum absolute atomic E-state index is 12.2. The molecule has 4 nitrogen and oxygen atoms in total. The van der Waals surface area contributed by atoms with Crippen molar-refractivity contribution in [3.8, 4) is 0 Å². The van der Waals surface area contributed by atoms with Gasteiger partial charge in [-0.25, -0.2) is 0 Å². The minimum Gasteiger partial charge on any atom is -0.386 e. The summed E-state index contributed by atoms with van der Waals surface area (Å²) in [6.07, 6.45) is 10.4. The first-order valence-electron chi connectivity index (χ1n) is 8.83. The van der Waals surface area contributed by atoms with Crippen LogP contribution in [0.25, 0.3) is 0 Å². The highest BCUT2D eigenvalue weighted by Crippen LogP contribution is 2.35. The summed E-state index contributed by atoms with van der Waals surface area (Å²) in [5, 5.41) is 10.4. The highest BCUT2D eigenvalue weighted by atomic mass is 16.1. The summed E-state index contributed by atoms with van der Waals surface area (Å²) in [6.45, 7) is 2.24. The molecule has 1 aromatic rings. The molecule has 126 valence electrons. The van der Waals surface area contributed by atoms with Gasteiger partial charge in [-0.3, -0.25) is 10.2 Å². The molecule has 1 aliphatic carbocycles. The van der Waals surface area contributed by atoms with Gasteiger partial charge in [-0.2, -0.15) is 0 Å². The zero-order valence-corrected chi connectivity index (χ0v) is 14.2. The van der Waals surface area contributed by atoms with E-state index in [9.17, 15) is 4.79 Å². The average molecular weight is 315 g/mol. The Morgan fingerprint density at radius 1 is 1.13 bits per heavy atom. The highest BCUT2D eigenvalue weighted by molar-refractivity contribution is 6.00. The first kappa shape index (κ1) is 17.5. The molecular formula is C19H29N3O. The molecule has 0 spiro atoms. The molecular weight excluding hydrogens is 286 g/mol. The maximum atomic E-state index is 12.2. The zero-order valence-electron chi connectivity index (χ0n) is 14.2. The van der Waals surface area contributed by atoms with Gasteiger partial charge in [0.1, 0.15) is 5.84 Å². The Morgan fingerprint density at radius 3 is 2.30 bits per heavy atom. The second-order valence-electron chi connectivity index (χ2n) is 6.66. The van der Waals surface area contributed by atoms with E-state index < -0.39 is 5.54 Å². The first-order valence-corrected chi connectivity index (χ1v) is 8.83. The molecule has 1 fully saturated rings. The third-order valence-electron chi connectivity index (χ3n) is 4.65. The Bertz CT molecular complexity index is 532. The van der Waals surface area contributed by atoms with Gasteiger partial charge in [-0.05, 0) is 43.4 Å². The fourth-order valence-electron chi connectivity index (χ4n) is 2.81. The normalized spacial score (nSPS) is 15.2. The fraction of sp³-hybridized carbons (Fsp3) is 0.579. The maximum Gasteiger partial charge on any atom is 0.252 e. The summed E-state index contributed by atoms with van der Waals surface area (Å²) in [5.41, 5.74) is 6.90. The van der Waals surface area contributed by atoms with Crippen molar-refractivity contribution in [1.82, 2.24) is 5.32 Å². The predicted octanol–water partition coefficient (Wildman–Crippen LogP) is 3.79. The molecule has 0 aromatic heterocycles. The van der Waals surface area contributed by atoms with Crippen LogP contribution in [0.1, 0.15) is 74.2 Å². The average Bonchev–Trinajstić information content (AvgIpc) is 3.32. The van der Waals surface area contributed by atoms with Crippen molar-refractivity contribution in [1.29, 1.82) is 5.41 Å². The minimum atomic E-state index is -0.575. The van der Waals surface area contributed by atoms with Crippen LogP contribution in [0.5, 0.6) is 0 Å². The molecule has 1 aliphatic rings. The summed E-state index contributed by atoms with van der Waals surface area (Å²) in [4.78, 5) is 12.2. The van der Waals surface area contributed by atoms with Crippen LogP contribution in [0.2, 0.25) is 0 Å². The number of nitrogens with two attached hydrogens (primary N) is 1. The van der Waals surface area contributed by atoms with Crippen molar-refractivity contribution in [2.75, 3.05) is 0 Å². The van der Waals surface area contributed by atoms with E-state index >= 15 is 0 Å². The number of hydrogen-bond donors (Lipinski definition) is 3. The smallest absolute Gasteiger partial charge is 0.252 e. The molecule has 0 aliphatic heterocycles. The van der Waals surface area contributed by atoms with Gasteiger partial charge in [0.25, 0.3) is 5.91 Å². The van der Waals surface area contributed by atoms with Crippen LogP contribution < -0.4 is 11.1 Å². The van der Waals surface area contributed by atoms with Crippen LogP contribution in [0.15, 0.2) is 24.3 Å². The molecule has 1 amide bonds. The molecule has 23 heavy (non-hydrogen) atoms. The molecule has 0 heterocycles. The SMILES string of the molecule is CCCCCCCCc1ccc(C(=O)NC2(C(=N)N)CC2)cc1. The van der Waals surface area contributed by atoms with E-state index in [2.05, 4.69) is 12.2 Å². The Labute approximate surface area is 139 Å². The van der Waals surface area contributed by atoms with E-state index in [4.69, 9.17) is 11.1 Å². The first-order chi connectivity index (χ1) is 11.1. The quantitative estimate of drug-likeness (QED) is 0.349. The van der Waals surface area contributed by atoms with E-state index in [0.29, 0.717) is 5.56 Å². The molecule has 0 unspecified atom stereocenters. The summed E-state index contributed by atoms with van der Waals surface area (Å²) < 4.78 is 0. The zero-order chi connectivity index (χ0) is 16.7. The monoisotopic (exact) mass is 315 g/mol. The second-order valence-corrected chi connectivity index (χ2v) is 6.66. The number of rotatable bonds is 10. The van der Waals surface area contributed by atoms with Crippen LogP contribution in [0.3, 0.4) is 0 Å². The Hall–Kier alpha value is -1.84. The lowest BCUT2D eigenvalue weighted by molar-refractivity contribution is 0.0943. The fourth-order valence-corrected chi connectivity index (χ4v) is 2.81. The van der Waals surface area contributed by atoms with Gasteiger partial charge in [-0.15, -0.1) is 0 Å². The lowest BCUT2D eigenvalue weighted by Gasteiger charge is -2.15. The van der Waals surface area contributed by atoms with Gasteiger partial charge >= 0.3 is 0 Å². The van der Waals surface area contributed by atoms with Crippen LogP contribution in [-0.2, 0) is 6.42 Å². The van der Waals surface area contributed by atoms with E-state index in [0.717, 1.165) is 19.3 Å². The minimum absolute atomic E-state index is 0.0607. The van der Waals surface area contributed by atoms with E-state index in [1.807, 2.05) is 24.3 Å². The number of carbonyl (C=O) groups is 1. The molecule has 0 radical (unpaired) electrons. The van der Waals surface area contributed by atoms with E-state index in [1.54, 1.807) is 0 Å². The molecule has 0 atom stereocenters. The summed E-state index contributed by atoms with van der Waals surface area (Å²) in [7, 11) is 0. The van der Waals surface area contributed by atoms with Gasteiger partial charge < -0.3 is 11.1 Å². The van der Waals surface area contributed by atoms with Crippen molar-refractivity contribution >= 4 is 11.7 Å². The molecule has 0 bridgehead atoms. The molecule has 2 rings (SSSR count). The summed E-state index contributed by atoms with van der Waals surface area (Å²) >= 11 is 0. The number of amides is 1. The lowest BCUT2D eigenvalue weighted by atomic mass is 10.0. The second kappa shape index (κ2) is 8.14. The highest BCUT2D eigenvalue weighted by Gasteiger charge is 2.47. The van der Waals surface area contributed by atoms with Crippen molar-refractivity contribution in [2.45, 2.75) is 70.3 Å². The van der Waals surface area contributed by atoms with Gasteiger partial charge in [0.2, 0.25) is 0 Å². The Kier molecular flexibility index (Phi) is 6.20. The van der Waals surface area contributed by atoms with Crippen LogP contribution in [0, 0.1) is 5.41 Å². The lowest BCUT2D eigenvalue weighted by Crippen LogP contribution is -2.46. The predicted molar refractivity (Wildman–Crippen MR) is 94.9 cm³/mol. The van der Waals surface area contributed by atoms with Gasteiger partial charge in [0, 0.05) is 5.56 Å². The van der Waals surface area contributed by atoms with Gasteiger partial charge in [-0.1, -0.05) is 51.2 Å². The molecule has 1 aromatic carbocycles. The van der Waals surface area contributed by atoms with Crippen molar-refractivity contribution in [3.63, 3.8) is 0 Å². The van der Waals surface area contributed by atoms with Crippen LogP contribution in [-0.4, -0.2) is 17.3 Å². The summed E-state index contributed by atoms with van der Waals surface area (Å²) in [6, 6.07) is 7.82. The number of benzene rings is 1. The van der Waals surface area contributed by atoms with Gasteiger partial charge in [0.15, 0.2) is 0 Å². The third kappa shape index (κ3) is 5.08. The largest absolute Gasteiger partial charge is 0.386 e. The van der Waals surface area contributed by atoms with Crippen molar-refractivity contribution in [3.05, 3.63) is 35.4 Å². The van der Waals surface area contributed by atoms with Crippen molar-refractivity contribution in [2.24, 2.45) is 5.73 Å². The number of hydrogen-bond acceptors (Lipinski definition) is 2. The van der Waals surface area contributed by atoms with E-state index in [-0.39, 0.29) is 11.7 Å². The third-order valence-corrected chi connectivity index (χ3v) is 4.65. The molecule has 0 saturated heterocycles. The topological polar surface area (TPSA) is 79.0 Å². The number of unbranched alkanes of at least 4 members (excludes halogenated alkanes) is 5. The Balaban J connectivity index is 1.76. The van der Waals surface area contributed by atoms with Gasteiger partial charge in [0.05, 0.1) is 5.54 Å². The van der Waals surface area contributed by atoms with Crippen molar-refractivity contribution < 1.29 is 4.79 Å². The number of aryl methyl sites for hydroxylation is 1. The van der Waals surface area contributed by atoms with E-state index in [1.165, 1.54) is 44.1 Å². The van der Waals surface area contributed by atoms with Crippen LogP contribution >= 0.6 is 0 Å².